The maximum absolute atomic E-state index is 10.9. The molecule has 2 aromatic heterocycles. The van der Waals surface area contributed by atoms with Gasteiger partial charge in [0.25, 0.3) is 0 Å². The molecule has 0 aliphatic carbocycles. The van der Waals surface area contributed by atoms with Crippen LogP contribution < -0.4 is 4.90 Å². The van der Waals surface area contributed by atoms with E-state index < -0.39 is 25.0 Å². The van der Waals surface area contributed by atoms with Crippen molar-refractivity contribution in [2.24, 2.45) is 0 Å². The molecule has 8 heteroatoms. The van der Waals surface area contributed by atoms with E-state index in [1.54, 1.807) is 0 Å². The van der Waals surface area contributed by atoms with Crippen molar-refractivity contribution in [3.63, 3.8) is 0 Å². The minimum absolute atomic E-state index is 0.343. The van der Waals surface area contributed by atoms with Crippen molar-refractivity contribution in [1.29, 1.82) is 0 Å². The molecule has 0 amide bonds. The summed E-state index contributed by atoms with van der Waals surface area (Å²) in [6, 6.07) is 1.88. The van der Waals surface area contributed by atoms with Gasteiger partial charge in [-0.2, -0.15) is 0 Å². The topological polar surface area (TPSA) is 104 Å². The van der Waals surface area contributed by atoms with Crippen LogP contribution in [0.5, 0.6) is 0 Å². The summed E-state index contributed by atoms with van der Waals surface area (Å²) < 4.78 is 0. The van der Waals surface area contributed by atoms with E-state index in [2.05, 4.69) is 9.97 Å². The molecule has 20 heavy (non-hydrogen) atoms. The summed E-state index contributed by atoms with van der Waals surface area (Å²) in [7, 11) is 0. The maximum Gasteiger partial charge on any atom is 0.323 e. The molecule has 0 aromatic carbocycles. The second kappa shape index (κ2) is 5.83. The number of carboxylic acids is 2. The highest BCUT2D eigenvalue weighted by atomic mass is 32.1. The molecule has 0 saturated carbocycles. The number of anilines is 1. The SMILES string of the molecule is CCc1cc2c(N(CC(=O)O)CC(=O)O)ncnc2s1. The van der Waals surface area contributed by atoms with Gasteiger partial charge in [-0.05, 0) is 12.5 Å². The molecule has 2 aromatic rings. The van der Waals surface area contributed by atoms with Crippen molar-refractivity contribution in [3.8, 4) is 0 Å². The van der Waals surface area contributed by atoms with Crippen molar-refractivity contribution in [3.05, 3.63) is 17.3 Å². The molecule has 0 fully saturated rings. The largest absolute Gasteiger partial charge is 0.480 e. The Morgan fingerprint density at radius 2 is 1.90 bits per heavy atom. The summed E-state index contributed by atoms with van der Waals surface area (Å²) in [4.78, 5) is 33.0. The second-order valence-corrected chi connectivity index (χ2v) is 5.24. The Morgan fingerprint density at radius 3 is 2.45 bits per heavy atom. The summed E-state index contributed by atoms with van der Waals surface area (Å²) in [6.45, 7) is 1.16. The number of aromatic nitrogens is 2. The molecule has 0 spiro atoms. The molecule has 0 atom stereocenters. The number of carbonyl (C=O) groups is 2. The number of nitrogens with zero attached hydrogens (tertiary/aromatic N) is 3. The zero-order valence-electron chi connectivity index (χ0n) is 10.7. The lowest BCUT2D eigenvalue weighted by atomic mass is 10.3. The third-order valence-corrected chi connectivity index (χ3v) is 3.85. The fourth-order valence-corrected chi connectivity index (χ4v) is 2.78. The molecule has 106 valence electrons. The van der Waals surface area contributed by atoms with Crippen LogP contribution in [0.2, 0.25) is 0 Å². The number of hydrogen-bond acceptors (Lipinski definition) is 6. The summed E-state index contributed by atoms with van der Waals surface area (Å²) in [5.41, 5.74) is 0. The molecule has 0 aliphatic rings. The maximum atomic E-state index is 10.9. The standard InChI is InChI=1S/C12H13N3O4S/c1-2-7-3-8-11(13-6-14-12(8)20-7)15(4-9(16)17)5-10(18)19/h3,6H,2,4-5H2,1H3,(H,16,17)(H,18,19). The van der Waals surface area contributed by atoms with Gasteiger partial charge in [0.15, 0.2) is 0 Å². The smallest absolute Gasteiger partial charge is 0.323 e. The summed E-state index contributed by atoms with van der Waals surface area (Å²) in [6.07, 6.45) is 2.16. The second-order valence-electron chi connectivity index (χ2n) is 4.13. The molecule has 0 saturated heterocycles. The van der Waals surface area contributed by atoms with Gasteiger partial charge < -0.3 is 15.1 Å². The van der Waals surface area contributed by atoms with E-state index >= 15 is 0 Å². The highest BCUT2D eigenvalue weighted by Gasteiger charge is 2.19. The van der Waals surface area contributed by atoms with Crippen LogP contribution in [-0.4, -0.2) is 45.2 Å². The van der Waals surface area contributed by atoms with E-state index in [4.69, 9.17) is 10.2 Å². The van der Waals surface area contributed by atoms with Gasteiger partial charge in [-0.25, -0.2) is 9.97 Å². The lowest BCUT2D eigenvalue weighted by Crippen LogP contribution is -2.35. The van der Waals surface area contributed by atoms with E-state index in [-0.39, 0.29) is 0 Å². The van der Waals surface area contributed by atoms with Crippen LogP contribution in [0, 0.1) is 0 Å². The molecule has 7 nitrogen and oxygen atoms in total. The Bertz CT molecular complexity index is 639. The first kappa shape index (κ1) is 14.2. The van der Waals surface area contributed by atoms with Gasteiger partial charge in [-0.1, -0.05) is 6.92 Å². The Kier molecular flexibility index (Phi) is 4.14. The fourth-order valence-electron chi connectivity index (χ4n) is 1.85. The Hall–Kier alpha value is -2.22. The van der Waals surface area contributed by atoms with Crippen LogP contribution in [0.3, 0.4) is 0 Å². The normalized spacial score (nSPS) is 10.7. The Balaban J connectivity index is 2.48. The number of carboxylic acid groups (broad SMARTS) is 2. The van der Waals surface area contributed by atoms with Crippen LogP contribution in [0.25, 0.3) is 10.2 Å². The van der Waals surface area contributed by atoms with Gasteiger partial charge in [-0.15, -0.1) is 11.3 Å². The highest BCUT2D eigenvalue weighted by molar-refractivity contribution is 7.18. The lowest BCUT2D eigenvalue weighted by Gasteiger charge is -2.19. The number of aryl methyl sites for hydroxylation is 1. The quantitative estimate of drug-likeness (QED) is 0.826. The molecule has 2 rings (SSSR count). The average molecular weight is 295 g/mol. The molecule has 0 unspecified atom stereocenters. The first-order chi connectivity index (χ1) is 9.51. The first-order valence-corrected chi connectivity index (χ1v) is 6.74. The van der Waals surface area contributed by atoms with Crippen LogP contribution in [-0.2, 0) is 16.0 Å². The van der Waals surface area contributed by atoms with E-state index in [1.807, 2.05) is 13.0 Å². The van der Waals surface area contributed by atoms with Gasteiger partial charge in [0.05, 0.1) is 5.39 Å². The third-order valence-electron chi connectivity index (χ3n) is 2.66. The van der Waals surface area contributed by atoms with E-state index in [0.29, 0.717) is 11.2 Å². The van der Waals surface area contributed by atoms with E-state index in [9.17, 15) is 9.59 Å². The monoisotopic (exact) mass is 295 g/mol. The summed E-state index contributed by atoms with van der Waals surface area (Å²) >= 11 is 1.49. The molecular weight excluding hydrogens is 282 g/mol. The number of hydrogen-bond donors (Lipinski definition) is 2. The molecule has 0 bridgehead atoms. The van der Waals surface area contributed by atoms with Crippen LogP contribution in [0.15, 0.2) is 12.4 Å². The minimum Gasteiger partial charge on any atom is -0.480 e. The number of aliphatic carboxylic acids is 2. The van der Waals surface area contributed by atoms with Crippen LogP contribution in [0.1, 0.15) is 11.8 Å². The Labute approximate surface area is 118 Å². The van der Waals surface area contributed by atoms with E-state index in [0.717, 1.165) is 16.1 Å². The van der Waals surface area contributed by atoms with E-state index in [1.165, 1.54) is 22.6 Å². The molecule has 0 radical (unpaired) electrons. The molecule has 2 heterocycles. The molecular formula is C12H13N3O4S. The molecule has 0 aliphatic heterocycles. The van der Waals surface area contributed by atoms with Gasteiger partial charge in [0.1, 0.15) is 30.1 Å². The number of fused-ring (bicyclic) bond motifs is 1. The van der Waals surface area contributed by atoms with Crippen molar-refractivity contribution in [1.82, 2.24) is 9.97 Å². The highest BCUT2D eigenvalue weighted by Crippen LogP contribution is 2.30. The zero-order chi connectivity index (χ0) is 14.7. The first-order valence-electron chi connectivity index (χ1n) is 5.93. The average Bonchev–Trinajstić information content (AvgIpc) is 2.79. The zero-order valence-corrected chi connectivity index (χ0v) is 11.6. The Morgan fingerprint density at radius 1 is 1.25 bits per heavy atom. The molecule has 2 N–H and O–H groups in total. The predicted octanol–water partition coefficient (Wildman–Crippen LogP) is 1.23. The van der Waals surface area contributed by atoms with Crippen molar-refractivity contribution >= 4 is 39.3 Å². The van der Waals surface area contributed by atoms with Crippen molar-refractivity contribution < 1.29 is 19.8 Å². The third kappa shape index (κ3) is 3.02. The van der Waals surface area contributed by atoms with Crippen molar-refractivity contribution in [2.75, 3.05) is 18.0 Å². The van der Waals surface area contributed by atoms with Gasteiger partial charge in [0.2, 0.25) is 0 Å². The van der Waals surface area contributed by atoms with Gasteiger partial charge in [-0.3, -0.25) is 9.59 Å². The predicted molar refractivity (Wildman–Crippen MR) is 74.3 cm³/mol. The summed E-state index contributed by atoms with van der Waals surface area (Å²) in [5, 5.41) is 18.5. The fraction of sp³-hybridized carbons (Fsp3) is 0.333. The minimum atomic E-state index is -1.11. The lowest BCUT2D eigenvalue weighted by molar-refractivity contribution is -0.136. The van der Waals surface area contributed by atoms with Gasteiger partial charge in [0, 0.05) is 4.88 Å². The van der Waals surface area contributed by atoms with Crippen LogP contribution >= 0.6 is 11.3 Å². The summed E-state index contributed by atoms with van der Waals surface area (Å²) in [5.74, 6) is -1.87. The van der Waals surface area contributed by atoms with Crippen LogP contribution in [0.4, 0.5) is 5.82 Å². The van der Waals surface area contributed by atoms with Gasteiger partial charge >= 0.3 is 11.9 Å². The number of thiophene rings is 1. The number of rotatable bonds is 6. The van der Waals surface area contributed by atoms with Crippen molar-refractivity contribution in [2.45, 2.75) is 13.3 Å².